The molecule has 0 saturated carbocycles. The highest BCUT2D eigenvalue weighted by atomic mass is 16.3. The first-order chi connectivity index (χ1) is 20.6. The predicted molar refractivity (Wildman–Crippen MR) is 177 cm³/mol. The third-order valence-electron chi connectivity index (χ3n) is 9.43. The molecule has 1 aromatic heterocycles. The molecule has 9 rings (SSSR count). The van der Waals surface area contributed by atoms with E-state index in [1.807, 2.05) is 0 Å². The largest absolute Gasteiger partial charge is 0.456 e. The highest BCUT2D eigenvalue weighted by Crippen LogP contribution is 2.53. The van der Waals surface area contributed by atoms with E-state index in [-0.39, 0.29) is 5.41 Å². The maximum atomic E-state index is 6.40. The molecule has 0 atom stereocenters. The molecule has 0 radical (unpaired) electrons. The van der Waals surface area contributed by atoms with Crippen molar-refractivity contribution in [2.45, 2.75) is 19.3 Å². The smallest absolute Gasteiger partial charge is 0.136 e. The van der Waals surface area contributed by atoms with E-state index in [2.05, 4.69) is 147 Å². The molecule has 0 spiro atoms. The molecule has 42 heavy (non-hydrogen) atoms. The summed E-state index contributed by atoms with van der Waals surface area (Å²) in [6, 6.07) is 48.6. The van der Waals surface area contributed by atoms with E-state index in [0.29, 0.717) is 0 Å². The van der Waals surface area contributed by atoms with Crippen molar-refractivity contribution in [2.75, 3.05) is 0 Å². The average Bonchev–Trinajstić information content (AvgIpc) is 3.51. The zero-order valence-corrected chi connectivity index (χ0v) is 23.6. The Morgan fingerprint density at radius 2 is 1.19 bits per heavy atom. The lowest BCUT2D eigenvalue weighted by molar-refractivity contribution is 0.666. The predicted octanol–water partition coefficient (Wildman–Crippen LogP) is 11.5. The first-order valence-electron chi connectivity index (χ1n) is 14.7. The van der Waals surface area contributed by atoms with Gasteiger partial charge in [-0.3, -0.25) is 0 Å². The van der Waals surface area contributed by atoms with E-state index in [0.717, 1.165) is 11.2 Å². The fourth-order valence-electron chi connectivity index (χ4n) is 7.48. The van der Waals surface area contributed by atoms with Gasteiger partial charge in [-0.25, -0.2) is 0 Å². The van der Waals surface area contributed by atoms with Crippen LogP contribution < -0.4 is 0 Å². The number of benzene rings is 7. The highest BCUT2D eigenvalue weighted by Gasteiger charge is 2.37. The van der Waals surface area contributed by atoms with Crippen LogP contribution in [-0.2, 0) is 5.41 Å². The monoisotopic (exact) mass is 536 g/mol. The lowest BCUT2D eigenvalue weighted by atomic mass is 9.79. The zero-order valence-electron chi connectivity index (χ0n) is 23.6. The summed E-state index contributed by atoms with van der Waals surface area (Å²) in [5, 5.41) is 7.43. The summed E-state index contributed by atoms with van der Waals surface area (Å²) in [5.41, 5.74) is 12.2. The first-order valence-corrected chi connectivity index (χ1v) is 14.7. The molecule has 1 nitrogen and oxygen atoms in total. The van der Waals surface area contributed by atoms with Crippen LogP contribution in [0.3, 0.4) is 0 Å². The maximum Gasteiger partial charge on any atom is 0.136 e. The van der Waals surface area contributed by atoms with Gasteiger partial charge < -0.3 is 4.42 Å². The van der Waals surface area contributed by atoms with Gasteiger partial charge >= 0.3 is 0 Å². The topological polar surface area (TPSA) is 13.1 Å². The van der Waals surface area contributed by atoms with Crippen LogP contribution in [-0.4, -0.2) is 0 Å². The molecule has 0 N–H and O–H groups in total. The Morgan fingerprint density at radius 1 is 0.452 bits per heavy atom. The summed E-state index contributed by atoms with van der Waals surface area (Å²) in [4.78, 5) is 0. The van der Waals surface area contributed by atoms with Crippen molar-refractivity contribution in [2.24, 2.45) is 0 Å². The van der Waals surface area contributed by atoms with Crippen molar-refractivity contribution in [1.82, 2.24) is 0 Å². The fraction of sp³-hybridized carbons (Fsp3) is 0.0732. The van der Waals surface area contributed by atoms with Crippen LogP contribution in [0.1, 0.15) is 25.0 Å². The molecule has 198 valence electrons. The van der Waals surface area contributed by atoms with Crippen LogP contribution in [0.25, 0.3) is 76.9 Å². The third kappa shape index (κ3) is 3.19. The second kappa shape index (κ2) is 8.44. The molecule has 0 amide bonds. The molecule has 0 unspecified atom stereocenters. The molecular formula is C41H28O. The molecule has 1 aliphatic carbocycles. The molecule has 0 fully saturated rings. The minimum absolute atomic E-state index is 0.141. The van der Waals surface area contributed by atoms with Crippen molar-refractivity contribution >= 4 is 43.5 Å². The third-order valence-corrected chi connectivity index (χ3v) is 9.43. The van der Waals surface area contributed by atoms with Crippen LogP contribution in [0.2, 0.25) is 0 Å². The van der Waals surface area contributed by atoms with E-state index < -0.39 is 0 Å². The van der Waals surface area contributed by atoms with E-state index in [9.17, 15) is 0 Å². The molecule has 1 aliphatic rings. The van der Waals surface area contributed by atoms with Gasteiger partial charge in [0.15, 0.2) is 0 Å². The number of hydrogen-bond donors (Lipinski definition) is 0. The molecule has 0 saturated heterocycles. The normalized spacial score (nSPS) is 13.7. The summed E-state index contributed by atoms with van der Waals surface area (Å²) in [7, 11) is 0. The molecule has 1 heteroatoms. The molecule has 8 aromatic rings. The summed E-state index contributed by atoms with van der Waals surface area (Å²) < 4.78 is 6.40. The molecule has 7 aromatic carbocycles. The summed E-state index contributed by atoms with van der Waals surface area (Å²) in [6.45, 7) is 4.77. The van der Waals surface area contributed by atoms with Crippen molar-refractivity contribution in [1.29, 1.82) is 0 Å². The lowest BCUT2D eigenvalue weighted by Crippen LogP contribution is -2.15. The fourth-order valence-corrected chi connectivity index (χ4v) is 7.48. The van der Waals surface area contributed by atoms with Gasteiger partial charge in [-0.05, 0) is 90.3 Å². The van der Waals surface area contributed by atoms with Gasteiger partial charge in [0.2, 0.25) is 0 Å². The van der Waals surface area contributed by atoms with Gasteiger partial charge in [0.25, 0.3) is 0 Å². The van der Waals surface area contributed by atoms with Crippen LogP contribution >= 0.6 is 0 Å². The summed E-state index contributed by atoms with van der Waals surface area (Å²) in [5.74, 6) is 0. The van der Waals surface area contributed by atoms with Crippen LogP contribution in [0.5, 0.6) is 0 Å². The minimum Gasteiger partial charge on any atom is -0.456 e. The van der Waals surface area contributed by atoms with Crippen LogP contribution in [0, 0.1) is 0 Å². The number of fused-ring (bicyclic) bond motifs is 9. The van der Waals surface area contributed by atoms with Crippen LogP contribution in [0.15, 0.2) is 138 Å². The standard InChI is InChI=1S/C41H28O/c1-41(2)36-23-28(30-15-9-17-37-39(30)35-22-26-12-6-7-13-27(26)24-38(35)42-37)18-19-32(36)34-21-20-31-29(25-10-4-3-5-11-25)14-8-16-33(31)40(34)41/h3-24H,1-2H3. The van der Waals surface area contributed by atoms with E-state index in [1.54, 1.807) is 0 Å². The van der Waals surface area contributed by atoms with Gasteiger partial charge in [0.05, 0.1) is 0 Å². The summed E-state index contributed by atoms with van der Waals surface area (Å²) >= 11 is 0. The van der Waals surface area contributed by atoms with Gasteiger partial charge in [-0.2, -0.15) is 0 Å². The van der Waals surface area contributed by atoms with Gasteiger partial charge in [0, 0.05) is 16.2 Å². The Bertz CT molecular complexity index is 2370. The Balaban J connectivity index is 1.25. The number of rotatable bonds is 2. The van der Waals surface area contributed by atoms with Crippen molar-refractivity contribution in [3.8, 4) is 33.4 Å². The zero-order chi connectivity index (χ0) is 28.0. The Labute approximate surface area is 244 Å². The van der Waals surface area contributed by atoms with E-state index >= 15 is 0 Å². The molecule has 1 heterocycles. The van der Waals surface area contributed by atoms with Crippen molar-refractivity contribution < 1.29 is 4.42 Å². The second-order valence-corrected chi connectivity index (χ2v) is 12.1. The lowest BCUT2D eigenvalue weighted by Gasteiger charge is -2.24. The van der Waals surface area contributed by atoms with Gasteiger partial charge in [-0.1, -0.05) is 123 Å². The number of hydrogen-bond acceptors (Lipinski definition) is 1. The molecule has 0 bridgehead atoms. The highest BCUT2D eigenvalue weighted by molar-refractivity contribution is 6.16. The Kier molecular flexibility index (Phi) is 4.73. The average molecular weight is 537 g/mol. The Hall–Kier alpha value is -5.14. The van der Waals surface area contributed by atoms with Gasteiger partial charge in [0.1, 0.15) is 11.2 Å². The first kappa shape index (κ1) is 23.6. The quantitative estimate of drug-likeness (QED) is 0.214. The molecule has 0 aliphatic heterocycles. The second-order valence-electron chi connectivity index (χ2n) is 12.1. The minimum atomic E-state index is -0.141. The van der Waals surface area contributed by atoms with Crippen molar-refractivity contribution in [3.05, 3.63) is 145 Å². The SMILES string of the molecule is CC1(C)c2cc(-c3cccc4oc5cc6ccccc6cc5c34)ccc2-c2ccc3c(-c4ccccc4)cccc3c21. The number of furan rings is 1. The summed E-state index contributed by atoms with van der Waals surface area (Å²) in [6.07, 6.45) is 0. The van der Waals surface area contributed by atoms with Crippen LogP contribution in [0.4, 0.5) is 0 Å². The van der Waals surface area contributed by atoms with E-state index in [4.69, 9.17) is 4.42 Å². The molecular weight excluding hydrogens is 508 g/mol. The van der Waals surface area contributed by atoms with Gasteiger partial charge in [-0.15, -0.1) is 0 Å². The van der Waals surface area contributed by atoms with E-state index in [1.165, 1.54) is 76.8 Å². The maximum absolute atomic E-state index is 6.40. The Morgan fingerprint density at radius 3 is 2.05 bits per heavy atom. The van der Waals surface area contributed by atoms with Crippen molar-refractivity contribution in [3.63, 3.8) is 0 Å².